The van der Waals surface area contributed by atoms with E-state index in [0.29, 0.717) is 22.1 Å². The molecule has 3 aromatic rings. The van der Waals surface area contributed by atoms with Crippen LogP contribution in [0.15, 0.2) is 54.6 Å². The molecule has 0 spiro atoms. The lowest BCUT2D eigenvalue weighted by molar-refractivity contribution is 0.0316. The van der Waals surface area contributed by atoms with Gasteiger partial charge in [-0.25, -0.2) is 4.79 Å². The van der Waals surface area contributed by atoms with Gasteiger partial charge in [-0.1, -0.05) is 24.3 Å². The number of phenolic OH excluding ortho intramolecular Hbond substituents is 2. The summed E-state index contributed by atoms with van der Waals surface area (Å²) >= 11 is 0. The van der Waals surface area contributed by atoms with Crippen LogP contribution >= 0.6 is 0 Å². The van der Waals surface area contributed by atoms with Crippen molar-refractivity contribution >= 4 is 22.5 Å². The first-order chi connectivity index (χ1) is 12.9. The van der Waals surface area contributed by atoms with Crippen molar-refractivity contribution in [2.24, 2.45) is 0 Å². The summed E-state index contributed by atoms with van der Waals surface area (Å²) in [5.41, 5.74) is 0.155. The average molecular weight is 366 g/mol. The maximum Gasteiger partial charge on any atom is 0.342 e. The second kappa shape index (κ2) is 7.37. The fourth-order valence-corrected chi connectivity index (χ4v) is 2.76. The molecule has 1 atom stereocenters. The molecule has 0 unspecified atom stereocenters. The third kappa shape index (κ3) is 3.55. The minimum absolute atomic E-state index is 0.163. The second-order valence-corrected chi connectivity index (χ2v) is 5.98. The Kier molecular flexibility index (Phi) is 4.98. The second-order valence-electron chi connectivity index (χ2n) is 5.98. The van der Waals surface area contributed by atoms with Gasteiger partial charge >= 0.3 is 5.97 Å². The maximum absolute atomic E-state index is 12.4. The molecule has 3 rings (SSSR count). The first kappa shape index (κ1) is 18.3. The van der Waals surface area contributed by atoms with Crippen LogP contribution in [0, 0.1) is 0 Å². The molecular weight excluding hydrogens is 348 g/mol. The van der Waals surface area contributed by atoms with Crippen LogP contribution in [0.4, 0.5) is 0 Å². The van der Waals surface area contributed by atoms with Crippen molar-refractivity contribution in [1.29, 1.82) is 0 Å². The largest absolute Gasteiger partial charge is 0.507 e. The third-order valence-electron chi connectivity index (χ3n) is 4.24. The zero-order valence-electron chi connectivity index (χ0n) is 14.8. The van der Waals surface area contributed by atoms with Crippen LogP contribution < -0.4 is 4.74 Å². The Morgan fingerprint density at radius 2 is 1.59 bits per heavy atom. The Labute approximate surface area is 155 Å². The number of benzene rings is 3. The number of ketones is 1. The SMILES string of the molecule is COc1ccc(C(=O)[C@H](C)OC(=O)c2cc(O)c3ccccc3c2O)cc1. The Morgan fingerprint density at radius 3 is 2.22 bits per heavy atom. The molecule has 0 aliphatic heterocycles. The fourth-order valence-electron chi connectivity index (χ4n) is 2.76. The number of Topliss-reactive ketones (excluding diaryl/α,β-unsaturated/α-hetero) is 1. The normalized spacial score (nSPS) is 11.8. The van der Waals surface area contributed by atoms with Crippen LogP contribution in [-0.4, -0.2) is 35.2 Å². The molecule has 6 nitrogen and oxygen atoms in total. The molecule has 138 valence electrons. The minimum atomic E-state index is -1.07. The zero-order valence-corrected chi connectivity index (χ0v) is 14.8. The number of rotatable bonds is 5. The van der Waals surface area contributed by atoms with Crippen molar-refractivity contribution in [3.05, 3.63) is 65.7 Å². The molecule has 27 heavy (non-hydrogen) atoms. The van der Waals surface area contributed by atoms with Crippen LogP contribution in [0.3, 0.4) is 0 Å². The fraction of sp³-hybridized carbons (Fsp3) is 0.143. The average Bonchev–Trinajstić information content (AvgIpc) is 2.70. The topological polar surface area (TPSA) is 93.1 Å². The van der Waals surface area contributed by atoms with E-state index >= 15 is 0 Å². The number of hydrogen-bond acceptors (Lipinski definition) is 6. The number of methoxy groups -OCH3 is 1. The molecule has 0 aromatic heterocycles. The van der Waals surface area contributed by atoms with Gasteiger partial charge in [0.1, 0.15) is 22.8 Å². The Bertz CT molecular complexity index is 1010. The van der Waals surface area contributed by atoms with E-state index in [1.54, 1.807) is 48.5 Å². The van der Waals surface area contributed by atoms with Gasteiger partial charge in [0.15, 0.2) is 6.10 Å². The summed E-state index contributed by atoms with van der Waals surface area (Å²) in [6, 6.07) is 14.1. The van der Waals surface area contributed by atoms with E-state index in [2.05, 4.69) is 0 Å². The summed E-state index contributed by atoms with van der Waals surface area (Å²) in [5.74, 6) is -1.16. The summed E-state index contributed by atoms with van der Waals surface area (Å²) in [6.07, 6.45) is -1.07. The number of hydrogen-bond donors (Lipinski definition) is 2. The van der Waals surface area contributed by atoms with E-state index in [0.717, 1.165) is 6.07 Å². The van der Waals surface area contributed by atoms with Gasteiger partial charge in [0.2, 0.25) is 5.78 Å². The number of aromatic hydroxyl groups is 2. The molecule has 0 aliphatic carbocycles. The van der Waals surface area contributed by atoms with Gasteiger partial charge in [0.05, 0.1) is 7.11 Å². The molecule has 0 saturated carbocycles. The molecule has 0 aliphatic rings. The van der Waals surface area contributed by atoms with Gasteiger partial charge in [0.25, 0.3) is 0 Å². The molecule has 0 amide bonds. The summed E-state index contributed by atoms with van der Waals surface area (Å²) in [6.45, 7) is 1.45. The van der Waals surface area contributed by atoms with E-state index in [4.69, 9.17) is 9.47 Å². The van der Waals surface area contributed by atoms with Crippen molar-refractivity contribution in [1.82, 2.24) is 0 Å². The standard InChI is InChI=1S/C21H18O6/c1-12(19(23)13-7-9-14(26-2)10-8-13)27-21(25)17-11-18(22)15-5-3-4-6-16(15)20(17)24/h3-12,22,24H,1-2H3/t12-/m0/s1. The number of ether oxygens (including phenoxy) is 2. The lowest BCUT2D eigenvalue weighted by Crippen LogP contribution is -2.24. The van der Waals surface area contributed by atoms with Gasteiger partial charge in [-0.3, -0.25) is 4.79 Å². The first-order valence-electron chi connectivity index (χ1n) is 8.25. The smallest absolute Gasteiger partial charge is 0.342 e. The quantitative estimate of drug-likeness (QED) is 0.406. The van der Waals surface area contributed by atoms with Crippen LogP contribution in [0.1, 0.15) is 27.6 Å². The Hall–Kier alpha value is -3.54. The molecule has 0 fully saturated rings. The van der Waals surface area contributed by atoms with Crippen molar-refractivity contribution in [2.75, 3.05) is 7.11 Å². The number of carbonyl (C=O) groups is 2. The van der Waals surface area contributed by atoms with Crippen LogP contribution in [0.5, 0.6) is 17.2 Å². The minimum Gasteiger partial charge on any atom is -0.507 e. The number of fused-ring (bicyclic) bond motifs is 1. The van der Waals surface area contributed by atoms with E-state index < -0.39 is 17.9 Å². The van der Waals surface area contributed by atoms with Gasteiger partial charge in [0, 0.05) is 16.3 Å². The van der Waals surface area contributed by atoms with E-state index in [9.17, 15) is 19.8 Å². The lowest BCUT2D eigenvalue weighted by Gasteiger charge is -2.14. The highest BCUT2D eigenvalue weighted by atomic mass is 16.5. The van der Waals surface area contributed by atoms with E-state index in [1.165, 1.54) is 14.0 Å². The van der Waals surface area contributed by atoms with E-state index in [1.807, 2.05) is 0 Å². The lowest BCUT2D eigenvalue weighted by atomic mass is 10.0. The third-order valence-corrected chi connectivity index (χ3v) is 4.24. The highest BCUT2D eigenvalue weighted by molar-refractivity contribution is 6.05. The number of esters is 1. The summed E-state index contributed by atoms with van der Waals surface area (Å²) in [5, 5.41) is 21.2. The highest BCUT2D eigenvalue weighted by Gasteiger charge is 2.24. The maximum atomic E-state index is 12.4. The van der Waals surface area contributed by atoms with Gasteiger partial charge < -0.3 is 19.7 Å². The van der Waals surface area contributed by atoms with Gasteiger partial charge in [-0.2, -0.15) is 0 Å². The molecular formula is C21H18O6. The van der Waals surface area contributed by atoms with Crippen molar-refractivity contribution < 1.29 is 29.3 Å². The van der Waals surface area contributed by atoms with Crippen molar-refractivity contribution in [3.63, 3.8) is 0 Å². The van der Waals surface area contributed by atoms with Gasteiger partial charge in [-0.15, -0.1) is 0 Å². The Balaban J connectivity index is 1.83. The molecule has 0 saturated heterocycles. The Morgan fingerprint density at radius 1 is 0.963 bits per heavy atom. The predicted molar refractivity (Wildman–Crippen MR) is 99.5 cm³/mol. The molecule has 0 radical (unpaired) electrons. The van der Waals surface area contributed by atoms with E-state index in [-0.39, 0.29) is 17.1 Å². The molecule has 3 aromatic carbocycles. The number of carbonyl (C=O) groups excluding carboxylic acids is 2. The summed E-state index contributed by atoms with van der Waals surface area (Å²) in [7, 11) is 1.52. The molecule has 6 heteroatoms. The number of phenols is 2. The summed E-state index contributed by atoms with van der Waals surface area (Å²) < 4.78 is 10.2. The zero-order chi connectivity index (χ0) is 19.6. The van der Waals surface area contributed by atoms with Crippen LogP contribution in [-0.2, 0) is 4.74 Å². The summed E-state index contributed by atoms with van der Waals surface area (Å²) in [4.78, 5) is 24.9. The van der Waals surface area contributed by atoms with Crippen LogP contribution in [0.2, 0.25) is 0 Å². The predicted octanol–water partition coefficient (Wildman–Crippen LogP) is 3.69. The van der Waals surface area contributed by atoms with Crippen LogP contribution in [0.25, 0.3) is 10.8 Å². The molecule has 0 bridgehead atoms. The first-order valence-corrected chi connectivity index (χ1v) is 8.25. The monoisotopic (exact) mass is 366 g/mol. The van der Waals surface area contributed by atoms with Gasteiger partial charge in [-0.05, 0) is 37.3 Å². The molecule has 2 N–H and O–H groups in total. The van der Waals surface area contributed by atoms with Crippen molar-refractivity contribution in [2.45, 2.75) is 13.0 Å². The van der Waals surface area contributed by atoms with Crippen molar-refractivity contribution in [3.8, 4) is 17.2 Å². The molecule has 0 heterocycles. The highest BCUT2D eigenvalue weighted by Crippen LogP contribution is 2.35.